The molecule has 0 aliphatic carbocycles. The van der Waals surface area contributed by atoms with Crippen LogP contribution in [0, 0.1) is 0 Å². The largest absolute Gasteiger partial charge is 0.454 e. The average Bonchev–Trinajstić information content (AvgIpc) is 3.52. The Kier molecular flexibility index (Phi) is 7.85. The lowest BCUT2D eigenvalue weighted by atomic mass is 9.74. The molecule has 8 heteroatoms. The zero-order valence-corrected chi connectivity index (χ0v) is 21.4. The number of anilines is 1. The lowest BCUT2D eigenvalue weighted by Crippen LogP contribution is -2.50. The van der Waals surface area contributed by atoms with Crippen molar-refractivity contribution in [3.05, 3.63) is 54.1 Å². The number of halogens is 1. The van der Waals surface area contributed by atoms with Gasteiger partial charge in [-0.3, -0.25) is 4.99 Å². The van der Waals surface area contributed by atoms with E-state index < -0.39 is 0 Å². The van der Waals surface area contributed by atoms with Crippen LogP contribution in [0.5, 0.6) is 11.5 Å². The van der Waals surface area contributed by atoms with E-state index in [1.807, 2.05) is 13.1 Å². The summed E-state index contributed by atoms with van der Waals surface area (Å²) >= 11 is 0. The number of benzene rings is 2. The summed E-state index contributed by atoms with van der Waals surface area (Å²) < 4.78 is 16.8. The molecule has 2 aromatic carbocycles. The van der Waals surface area contributed by atoms with E-state index >= 15 is 0 Å². The van der Waals surface area contributed by atoms with Gasteiger partial charge < -0.3 is 29.7 Å². The van der Waals surface area contributed by atoms with Gasteiger partial charge in [-0.25, -0.2) is 0 Å². The van der Waals surface area contributed by atoms with Crippen LogP contribution in [0.15, 0.2) is 53.5 Å². The number of rotatable bonds is 5. The van der Waals surface area contributed by atoms with Gasteiger partial charge in [0.25, 0.3) is 0 Å². The van der Waals surface area contributed by atoms with Crippen molar-refractivity contribution in [2.75, 3.05) is 51.6 Å². The number of ether oxygens (including phenoxy) is 3. The van der Waals surface area contributed by atoms with Crippen LogP contribution in [0.4, 0.5) is 5.69 Å². The van der Waals surface area contributed by atoms with E-state index in [0.29, 0.717) is 12.8 Å². The van der Waals surface area contributed by atoms with Crippen molar-refractivity contribution < 1.29 is 14.2 Å². The predicted molar refractivity (Wildman–Crippen MR) is 141 cm³/mol. The monoisotopic (exact) mass is 564 g/mol. The van der Waals surface area contributed by atoms with E-state index in [1.165, 1.54) is 11.3 Å². The number of aliphatic imine (C=N–C) groups is 1. The Hall–Kier alpha value is -2.20. The third kappa shape index (κ3) is 5.32. The van der Waals surface area contributed by atoms with Crippen molar-refractivity contribution in [3.8, 4) is 11.5 Å². The fraction of sp³-hybridized carbons (Fsp3) is 0.480. The van der Waals surface area contributed by atoms with Gasteiger partial charge in [0.05, 0.1) is 0 Å². The first-order chi connectivity index (χ1) is 15.8. The maximum Gasteiger partial charge on any atom is 0.231 e. The molecule has 0 saturated carbocycles. The zero-order chi connectivity index (χ0) is 21.8. The number of fused-ring (bicyclic) bond motifs is 1. The van der Waals surface area contributed by atoms with Gasteiger partial charge in [-0.05, 0) is 49.1 Å². The van der Waals surface area contributed by atoms with Crippen molar-refractivity contribution in [2.24, 2.45) is 4.99 Å². The number of guanidine groups is 1. The Morgan fingerprint density at radius 2 is 1.88 bits per heavy atom. The second-order valence-electron chi connectivity index (χ2n) is 8.80. The van der Waals surface area contributed by atoms with Crippen LogP contribution in [0.25, 0.3) is 0 Å². The van der Waals surface area contributed by atoms with Crippen LogP contribution in [0.1, 0.15) is 24.8 Å². The summed E-state index contributed by atoms with van der Waals surface area (Å²) in [6.07, 6.45) is 3.01. The molecule has 2 N–H and O–H groups in total. The topological polar surface area (TPSA) is 67.4 Å². The minimum Gasteiger partial charge on any atom is -0.454 e. The molecule has 0 aromatic heterocycles. The molecule has 2 aromatic rings. The van der Waals surface area contributed by atoms with Gasteiger partial charge in [0.1, 0.15) is 0 Å². The second kappa shape index (κ2) is 10.8. The minimum absolute atomic E-state index is 0. The summed E-state index contributed by atoms with van der Waals surface area (Å²) in [4.78, 5) is 6.94. The van der Waals surface area contributed by atoms with E-state index in [2.05, 4.69) is 63.0 Å². The third-order valence-corrected chi connectivity index (χ3v) is 6.90. The Labute approximate surface area is 212 Å². The fourth-order valence-electron chi connectivity index (χ4n) is 4.95. The molecule has 0 spiro atoms. The SMILES string of the molecule is CN=C(NCC1(c2ccc3c(c2)OCO3)CCOCC1)NC1CCN(c2ccccc2)C1.I. The van der Waals surface area contributed by atoms with Gasteiger partial charge >= 0.3 is 0 Å². The lowest BCUT2D eigenvalue weighted by Gasteiger charge is -2.38. The first kappa shape index (κ1) is 23.9. The maximum absolute atomic E-state index is 5.70. The fourth-order valence-corrected chi connectivity index (χ4v) is 4.95. The van der Waals surface area contributed by atoms with Gasteiger partial charge in [0.15, 0.2) is 17.5 Å². The molecule has 1 atom stereocenters. The van der Waals surface area contributed by atoms with Crippen LogP contribution in [-0.2, 0) is 10.2 Å². The molecule has 0 radical (unpaired) electrons. The van der Waals surface area contributed by atoms with E-state index in [-0.39, 0.29) is 29.4 Å². The van der Waals surface area contributed by atoms with Crippen LogP contribution in [0.2, 0.25) is 0 Å². The highest BCUT2D eigenvalue weighted by Crippen LogP contribution is 2.40. The van der Waals surface area contributed by atoms with Crippen molar-refractivity contribution in [1.29, 1.82) is 0 Å². The van der Waals surface area contributed by atoms with Crippen LogP contribution in [-0.4, -0.2) is 58.7 Å². The molecule has 3 aliphatic heterocycles. The van der Waals surface area contributed by atoms with Crippen LogP contribution < -0.4 is 25.0 Å². The Balaban J connectivity index is 0.00000259. The number of para-hydroxylation sites is 1. The minimum atomic E-state index is -0.0252. The van der Waals surface area contributed by atoms with E-state index in [9.17, 15) is 0 Å². The van der Waals surface area contributed by atoms with Gasteiger partial charge in [0, 0.05) is 57.0 Å². The van der Waals surface area contributed by atoms with Gasteiger partial charge in [-0.15, -0.1) is 24.0 Å². The van der Waals surface area contributed by atoms with Crippen molar-refractivity contribution in [2.45, 2.75) is 30.7 Å². The van der Waals surface area contributed by atoms with Crippen molar-refractivity contribution in [1.82, 2.24) is 10.6 Å². The quantitative estimate of drug-likeness (QED) is 0.329. The summed E-state index contributed by atoms with van der Waals surface area (Å²) in [5.41, 5.74) is 2.52. The second-order valence-corrected chi connectivity index (χ2v) is 8.80. The standard InChI is InChI=1S/C25H32N4O3.HI/c1-26-24(28-20-9-12-29(16-20)21-5-3-2-4-6-21)27-17-25(10-13-30-14-11-25)19-7-8-22-23(15-19)32-18-31-22;/h2-8,15,20H,9-14,16-18H2,1H3,(H2,26,27,28);1H. The molecule has 3 heterocycles. The molecular weight excluding hydrogens is 531 g/mol. The summed E-state index contributed by atoms with van der Waals surface area (Å²) in [7, 11) is 1.84. The van der Waals surface area contributed by atoms with Crippen LogP contribution in [0.3, 0.4) is 0 Å². The van der Waals surface area contributed by atoms with E-state index in [4.69, 9.17) is 14.2 Å². The van der Waals surface area contributed by atoms with Gasteiger partial charge in [-0.2, -0.15) is 0 Å². The zero-order valence-electron chi connectivity index (χ0n) is 19.1. The molecule has 33 heavy (non-hydrogen) atoms. The summed E-state index contributed by atoms with van der Waals surface area (Å²) in [5.74, 6) is 2.52. The molecule has 5 rings (SSSR count). The highest BCUT2D eigenvalue weighted by molar-refractivity contribution is 14.0. The van der Waals surface area contributed by atoms with Gasteiger partial charge in [0.2, 0.25) is 6.79 Å². The molecule has 7 nitrogen and oxygen atoms in total. The molecule has 3 aliphatic rings. The summed E-state index contributed by atoms with van der Waals surface area (Å²) in [5, 5.41) is 7.26. The number of nitrogens with zero attached hydrogens (tertiary/aromatic N) is 2. The third-order valence-electron chi connectivity index (χ3n) is 6.90. The summed E-state index contributed by atoms with van der Waals surface area (Å²) in [6, 6.07) is 17.3. The number of hydrogen-bond donors (Lipinski definition) is 2. The Morgan fingerprint density at radius 1 is 1.09 bits per heavy atom. The molecule has 2 fully saturated rings. The molecular formula is C25H33IN4O3. The normalized spacial score (nSPS) is 21.4. The highest BCUT2D eigenvalue weighted by Gasteiger charge is 2.36. The van der Waals surface area contributed by atoms with E-state index in [1.54, 1.807) is 0 Å². The van der Waals surface area contributed by atoms with Crippen LogP contribution >= 0.6 is 24.0 Å². The Morgan fingerprint density at radius 3 is 2.67 bits per heavy atom. The molecule has 0 bridgehead atoms. The van der Waals surface area contributed by atoms with Crippen molar-refractivity contribution in [3.63, 3.8) is 0 Å². The van der Waals surface area contributed by atoms with Gasteiger partial charge in [-0.1, -0.05) is 24.3 Å². The first-order valence-corrected chi connectivity index (χ1v) is 11.5. The smallest absolute Gasteiger partial charge is 0.231 e. The highest BCUT2D eigenvalue weighted by atomic mass is 127. The maximum atomic E-state index is 5.70. The number of nitrogens with one attached hydrogen (secondary N) is 2. The molecule has 0 amide bonds. The number of hydrogen-bond acceptors (Lipinski definition) is 5. The summed E-state index contributed by atoms with van der Waals surface area (Å²) in [6.45, 7) is 4.65. The van der Waals surface area contributed by atoms with Crippen molar-refractivity contribution >= 4 is 35.6 Å². The predicted octanol–water partition coefficient (Wildman–Crippen LogP) is 3.53. The first-order valence-electron chi connectivity index (χ1n) is 11.5. The lowest BCUT2D eigenvalue weighted by molar-refractivity contribution is 0.0513. The Bertz CT molecular complexity index is 950. The molecule has 1 unspecified atom stereocenters. The molecule has 2 saturated heterocycles. The molecule has 178 valence electrons. The van der Waals surface area contributed by atoms with E-state index in [0.717, 1.165) is 69.6 Å². The average molecular weight is 564 g/mol.